The maximum atomic E-state index is 11.8. The third-order valence-corrected chi connectivity index (χ3v) is 10.6. The fourth-order valence-corrected chi connectivity index (χ4v) is 8.73. The van der Waals surface area contributed by atoms with Crippen molar-refractivity contribution in [1.29, 1.82) is 0 Å². The van der Waals surface area contributed by atoms with Crippen LogP contribution in [0.1, 0.15) is 98.8 Å². The Labute approximate surface area is 184 Å². The van der Waals surface area contributed by atoms with Crippen LogP contribution in [0.3, 0.4) is 0 Å². The van der Waals surface area contributed by atoms with Gasteiger partial charge < -0.3 is 5.11 Å². The van der Waals surface area contributed by atoms with Crippen LogP contribution < -0.4 is 0 Å². The van der Waals surface area contributed by atoms with Gasteiger partial charge in [0.05, 0.1) is 12.1 Å². The van der Waals surface area contributed by atoms with E-state index in [0.29, 0.717) is 28.6 Å². The number of hydrogen-bond acceptors (Lipinski definition) is 3. The van der Waals surface area contributed by atoms with Crippen LogP contribution in [0.25, 0.3) is 0 Å². The molecule has 0 spiro atoms. The highest BCUT2D eigenvalue weighted by atomic mass is 16.3. The second kappa shape index (κ2) is 8.34. The van der Waals surface area contributed by atoms with Gasteiger partial charge >= 0.3 is 0 Å². The highest BCUT2D eigenvalue weighted by Crippen LogP contribution is 2.67. The molecule has 0 radical (unpaired) electrons. The molecule has 0 heterocycles. The summed E-state index contributed by atoms with van der Waals surface area (Å²) in [7, 11) is 0. The van der Waals surface area contributed by atoms with Crippen LogP contribution in [0, 0.1) is 51.2 Å². The Morgan fingerprint density at radius 1 is 1.07 bits per heavy atom. The predicted octanol–water partition coefficient (Wildman–Crippen LogP) is 7.13. The Bertz CT molecular complexity index is 672. The van der Waals surface area contributed by atoms with E-state index in [4.69, 9.17) is 0 Å². The number of fused-ring (bicyclic) bond motifs is 5. The van der Waals surface area contributed by atoms with E-state index in [2.05, 4.69) is 45.9 Å². The van der Waals surface area contributed by atoms with Crippen molar-refractivity contribution >= 4 is 0 Å². The molecule has 0 bridgehead atoms. The molecule has 0 saturated heterocycles. The van der Waals surface area contributed by atoms with Gasteiger partial charge in [-0.1, -0.05) is 51.4 Å². The molecule has 0 aromatic carbocycles. The lowest BCUT2D eigenvalue weighted by molar-refractivity contribution is -0.0583. The summed E-state index contributed by atoms with van der Waals surface area (Å²) in [6.07, 6.45) is 14.0. The first-order chi connectivity index (χ1) is 14.2. The van der Waals surface area contributed by atoms with E-state index in [1.54, 1.807) is 5.57 Å². The van der Waals surface area contributed by atoms with Crippen LogP contribution in [-0.4, -0.2) is 17.3 Å². The average molecular weight is 416 g/mol. The van der Waals surface area contributed by atoms with Crippen molar-refractivity contribution in [3.05, 3.63) is 16.6 Å². The summed E-state index contributed by atoms with van der Waals surface area (Å²) in [6.45, 7) is 11.9. The van der Waals surface area contributed by atoms with E-state index in [0.717, 1.165) is 49.9 Å². The molecule has 0 aliphatic heterocycles. The minimum atomic E-state index is -0.120. The SMILES string of the molecule is CC(C)CCC(N=O)[C@@H](C)[C@H]1CC[C@H]2[C@@H]3CC=C4C[C@@H](O)CC[C@]4(C)[C@H]3CC[C@]12C. The Kier molecular flexibility index (Phi) is 6.25. The van der Waals surface area contributed by atoms with Crippen molar-refractivity contribution in [2.45, 2.75) is 111 Å². The smallest absolute Gasteiger partial charge is 0.0948 e. The number of allylic oxidation sites excluding steroid dienone is 1. The predicted molar refractivity (Wildman–Crippen MR) is 124 cm³/mol. The quantitative estimate of drug-likeness (QED) is 0.370. The largest absolute Gasteiger partial charge is 0.393 e. The van der Waals surface area contributed by atoms with E-state index in [-0.39, 0.29) is 12.1 Å². The molecule has 3 fully saturated rings. The third kappa shape index (κ3) is 3.61. The molecule has 4 aliphatic rings. The summed E-state index contributed by atoms with van der Waals surface area (Å²) >= 11 is 0. The Morgan fingerprint density at radius 2 is 1.83 bits per heavy atom. The van der Waals surface area contributed by atoms with Gasteiger partial charge in [-0.25, -0.2) is 0 Å². The van der Waals surface area contributed by atoms with Crippen LogP contribution in [0.2, 0.25) is 0 Å². The lowest BCUT2D eigenvalue weighted by Crippen LogP contribution is -2.51. The molecule has 3 saturated carbocycles. The normalized spacial score (nSPS) is 45.2. The van der Waals surface area contributed by atoms with Crippen molar-refractivity contribution in [3.63, 3.8) is 0 Å². The van der Waals surface area contributed by atoms with Crippen molar-refractivity contribution in [1.82, 2.24) is 0 Å². The van der Waals surface area contributed by atoms with Crippen LogP contribution in [0.5, 0.6) is 0 Å². The molecule has 4 rings (SSSR count). The van der Waals surface area contributed by atoms with Crippen LogP contribution in [0.15, 0.2) is 16.8 Å². The van der Waals surface area contributed by atoms with Crippen molar-refractivity contribution in [3.8, 4) is 0 Å². The summed E-state index contributed by atoms with van der Waals surface area (Å²) < 4.78 is 0. The highest BCUT2D eigenvalue weighted by Gasteiger charge is 2.59. The number of nitroso groups, excluding NO2 is 1. The molecule has 30 heavy (non-hydrogen) atoms. The zero-order valence-corrected chi connectivity index (χ0v) is 20.1. The van der Waals surface area contributed by atoms with Crippen LogP contribution >= 0.6 is 0 Å². The molecule has 0 amide bonds. The van der Waals surface area contributed by atoms with E-state index in [1.165, 1.54) is 32.1 Å². The first-order valence-electron chi connectivity index (χ1n) is 12.9. The fraction of sp³-hybridized carbons (Fsp3) is 0.926. The molecule has 1 N–H and O–H groups in total. The molecule has 3 heteroatoms. The number of hydrogen-bond donors (Lipinski definition) is 1. The summed E-state index contributed by atoms with van der Waals surface area (Å²) in [6, 6.07) is -0.0131. The van der Waals surface area contributed by atoms with Gasteiger partial charge in [0.15, 0.2) is 0 Å². The Hall–Kier alpha value is -0.700. The van der Waals surface area contributed by atoms with Crippen LogP contribution in [-0.2, 0) is 0 Å². The zero-order valence-electron chi connectivity index (χ0n) is 20.1. The summed E-state index contributed by atoms with van der Waals surface area (Å²) in [4.78, 5) is 11.8. The maximum Gasteiger partial charge on any atom is 0.0948 e. The van der Waals surface area contributed by atoms with E-state index in [1.807, 2.05) is 0 Å². The van der Waals surface area contributed by atoms with E-state index >= 15 is 0 Å². The maximum absolute atomic E-state index is 11.8. The molecule has 9 atom stereocenters. The lowest BCUT2D eigenvalue weighted by atomic mass is 9.47. The highest BCUT2D eigenvalue weighted by molar-refractivity contribution is 5.25. The molecule has 0 aromatic rings. The average Bonchev–Trinajstić information content (AvgIpc) is 3.05. The van der Waals surface area contributed by atoms with Crippen molar-refractivity contribution in [2.75, 3.05) is 0 Å². The monoisotopic (exact) mass is 415 g/mol. The number of rotatable bonds is 6. The molecule has 3 nitrogen and oxygen atoms in total. The standard InChI is InChI=1S/C27H45NO2/c1-17(2)6-11-25(28-30)18(3)22-9-10-23-21-8-7-19-16-20(29)12-14-26(19,4)24(21)13-15-27(22,23)5/h7,17-18,20-25,29H,6,8-16H2,1-5H3/t18-,20-,21-,22+,23-,24-,25?,26-,27+/m0/s1. The molecule has 170 valence electrons. The second-order valence-electron chi connectivity index (χ2n) is 12.4. The van der Waals surface area contributed by atoms with Gasteiger partial charge in [0, 0.05) is 0 Å². The Balaban J connectivity index is 1.53. The topological polar surface area (TPSA) is 49.7 Å². The van der Waals surface area contributed by atoms with Gasteiger partial charge in [0.2, 0.25) is 0 Å². The van der Waals surface area contributed by atoms with Gasteiger partial charge in [0.25, 0.3) is 0 Å². The Morgan fingerprint density at radius 3 is 2.53 bits per heavy atom. The van der Waals surface area contributed by atoms with Gasteiger partial charge in [-0.3, -0.25) is 0 Å². The molecular formula is C27H45NO2. The fourth-order valence-electron chi connectivity index (χ4n) is 8.73. The minimum absolute atomic E-state index is 0.0131. The van der Waals surface area contributed by atoms with E-state index in [9.17, 15) is 10.0 Å². The van der Waals surface area contributed by atoms with E-state index < -0.39 is 0 Å². The van der Waals surface area contributed by atoms with Crippen molar-refractivity contribution in [2.24, 2.45) is 51.5 Å². The summed E-state index contributed by atoms with van der Waals surface area (Å²) in [5.74, 6) is 4.07. The number of aliphatic hydroxyl groups excluding tert-OH is 1. The van der Waals surface area contributed by atoms with Gasteiger partial charge in [-0.05, 0) is 111 Å². The minimum Gasteiger partial charge on any atom is -0.393 e. The molecule has 1 unspecified atom stereocenters. The number of aliphatic hydroxyl groups is 1. The summed E-state index contributed by atoms with van der Waals surface area (Å²) in [5, 5.41) is 13.9. The third-order valence-electron chi connectivity index (χ3n) is 10.6. The zero-order chi connectivity index (χ0) is 21.7. The second-order valence-corrected chi connectivity index (χ2v) is 12.4. The van der Waals surface area contributed by atoms with Gasteiger partial charge in [-0.15, -0.1) is 0 Å². The van der Waals surface area contributed by atoms with Crippen molar-refractivity contribution < 1.29 is 5.11 Å². The van der Waals surface area contributed by atoms with Crippen LogP contribution in [0.4, 0.5) is 0 Å². The first-order valence-corrected chi connectivity index (χ1v) is 12.9. The molecule has 4 aliphatic carbocycles. The van der Waals surface area contributed by atoms with Gasteiger partial charge in [-0.2, -0.15) is 4.91 Å². The lowest BCUT2D eigenvalue weighted by Gasteiger charge is -2.58. The summed E-state index contributed by atoms with van der Waals surface area (Å²) in [5.41, 5.74) is 2.25. The first kappa shape index (κ1) is 22.5. The van der Waals surface area contributed by atoms with Gasteiger partial charge in [0.1, 0.15) is 0 Å². The molecular weight excluding hydrogens is 370 g/mol. The number of nitrogens with zero attached hydrogens (tertiary/aromatic N) is 1. The molecule has 0 aromatic heterocycles.